The van der Waals surface area contributed by atoms with E-state index in [4.69, 9.17) is 14.2 Å². The summed E-state index contributed by atoms with van der Waals surface area (Å²) in [4.78, 5) is 4.27. The van der Waals surface area contributed by atoms with Crippen molar-refractivity contribution in [1.82, 2.24) is 10.6 Å². The molecule has 1 rings (SSSR count). The molecule has 2 N–H and O–H groups in total. The number of halogens is 1. The molecule has 0 atom stereocenters. The highest BCUT2D eigenvalue weighted by atomic mass is 127. The smallest absolute Gasteiger partial charge is 0.191 e. The highest BCUT2D eigenvalue weighted by Gasteiger charge is 2.06. The monoisotopic (exact) mass is 493 g/mol. The Hall–Kier alpha value is -1.06. The maximum Gasteiger partial charge on any atom is 0.191 e. The Morgan fingerprint density at radius 1 is 1.07 bits per heavy atom. The Kier molecular flexibility index (Phi) is 16.4. The molecule has 156 valence electrons. The van der Waals surface area contributed by atoms with E-state index in [1.807, 2.05) is 0 Å². The topological polar surface area (TPSA) is 64.1 Å². The van der Waals surface area contributed by atoms with Crippen molar-refractivity contribution in [3.63, 3.8) is 0 Å². The van der Waals surface area contributed by atoms with Gasteiger partial charge < -0.3 is 24.8 Å². The molecule has 0 amide bonds. The molecule has 0 saturated carbocycles. The predicted octanol–water partition coefficient (Wildman–Crippen LogP) is 3.51. The molecule has 0 aliphatic rings. The van der Waals surface area contributed by atoms with Gasteiger partial charge in [0.2, 0.25) is 0 Å². The lowest BCUT2D eigenvalue weighted by Gasteiger charge is -2.15. The van der Waals surface area contributed by atoms with Crippen LogP contribution in [0.15, 0.2) is 23.2 Å². The Morgan fingerprint density at radius 3 is 2.56 bits per heavy atom. The molecule has 0 fully saturated rings. The minimum Gasteiger partial charge on any atom is -0.491 e. The second kappa shape index (κ2) is 17.1. The van der Waals surface area contributed by atoms with E-state index in [1.54, 1.807) is 14.2 Å². The zero-order valence-electron chi connectivity index (χ0n) is 17.2. The van der Waals surface area contributed by atoms with Gasteiger partial charge in [0.1, 0.15) is 12.4 Å². The van der Waals surface area contributed by atoms with Gasteiger partial charge >= 0.3 is 0 Å². The number of hydrogen-bond donors (Lipinski definition) is 2. The van der Waals surface area contributed by atoms with Crippen LogP contribution in [0.25, 0.3) is 0 Å². The van der Waals surface area contributed by atoms with Crippen LogP contribution >= 0.6 is 24.0 Å². The zero-order chi connectivity index (χ0) is 19.0. The van der Waals surface area contributed by atoms with Crippen LogP contribution in [-0.4, -0.2) is 53.1 Å². The first kappa shape index (κ1) is 25.9. The molecule has 6 nitrogen and oxygen atoms in total. The number of rotatable bonds is 13. The van der Waals surface area contributed by atoms with Crippen LogP contribution in [0, 0.1) is 6.92 Å². The van der Waals surface area contributed by atoms with E-state index in [0.717, 1.165) is 49.9 Å². The van der Waals surface area contributed by atoms with E-state index in [1.165, 1.54) is 12.0 Å². The van der Waals surface area contributed by atoms with Crippen molar-refractivity contribution in [2.75, 3.05) is 47.1 Å². The number of benzene rings is 1. The molecule has 1 aromatic carbocycles. The standard InChI is InChI=1S/C20H35N3O3.HI/c1-5-6-11-25-12-7-10-22-20(21-3)23-16-18-9-8-17(2)15-19(18)26-14-13-24-4;/h8-9,15H,5-7,10-14,16H2,1-4H3,(H2,21,22,23);1H. The molecule has 7 heteroatoms. The first-order valence-corrected chi connectivity index (χ1v) is 9.44. The number of nitrogens with one attached hydrogen (secondary N) is 2. The summed E-state index contributed by atoms with van der Waals surface area (Å²) in [7, 11) is 3.45. The van der Waals surface area contributed by atoms with Crippen molar-refractivity contribution in [2.45, 2.75) is 39.7 Å². The average Bonchev–Trinajstić information content (AvgIpc) is 2.65. The van der Waals surface area contributed by atoms with Gasteiger partial charge in [0.15, 0.2) is 5.96 Å². The Labute approximate surface area is 181 Å². The first-order valence-electron chi connectivity index (χ1n) is 9.44. The van der Waals surface area contributed by atoms with E-state index in [9.17, 15) is 0 Å². The van der Waals surface area contributed by atoms with Gasteiger partial charge in [0, 0.05) is 46.0 Å². The second-order valence-corrected chi connectivity index (χ2v) is 6.12. The third-order valence-electron chi connectivity index (χ3n) is 3.84. The van der Waals surface area contributed by atoms with Crippen LogP contribution in [0.2, 0.25) is 0 Å². The number of unbranched alkanes of at least 4 members (excludes halogenated alkanes) is 1. The highest BCUT2D eigenvalue weighted by molar-refractivity contribution is 14.0. The fourth-order valence-electron chi connectivity index (χ4n) is 2.31. The number of aliphatic imine (C=N–C) groups is 1. The molecular weight excluding hydrogens is 457 g/mol. The molecular formula is C20H36IN3O3. The minimum atomic E-state index is 0. The van der Waals surface area contributed by atoms with Gasteiger partial charge in [-0.05, 0) is 31.4 Å². The lowest BCUT2D eigenvalue weighted by Crippen LogP contribution is -2.37. The van der Waals surface area contributed by atoms with Crippen LogP contribution < -0.4 is 15.4 Å². The van der Waals surface area contributed by atoms with Crippen LogP contribution in [-0.2, 0) is 16.0 Å². The Bertz CT molecular complexity index is 527. The maximum absolute atomic E-state index is 5.83. The van der Waals surface area contributed by atoms with Gasteiger partial charge in [-0.15, -0.1) is 24.0 Å². The summed E-state index contributed by atoms with van der Waals surface area (Å²) in [5, 5.41) is 6.65. The van der Waals surface area contributed by atoms with Gasteiger partial charge in [-0.25, -0.2) is 0 Å². The molecule has 0 saturated heterocycles. The fourth-order valence-corrected chi connectivity index (χ4v) is 2.31. The van der Waals surface area contributed by atoms with Gasteiger partial charge in [-0.2, -0.15) is 0 Å². The Morgan fingerprint density at radius 2 is 1.85 bits per heavy atom. The van der Waals surface area contributed by atoms with Crippen molar-refractivity contribution in [3.05, 3.63) is 29.3 Å². The minimum absolute atomic E-state index is 0. The zero-order valence-corrected chi connectivity index (χ0v) is 19.5. The van der Waals surface area contributed by atoms with E-state index in [-0.39, 0.29) is 24.0 Å². The van der Waals surface area contributed by atoms with Crippen molar-refractivity contribution in [3.8, 4) is 5.75 Å². The third-order valence-corrected chi connectivity index (χ3v) is 3.84. The van der Waals surface area contributed by atoms with Crippen molar-refractivity contribution < 1.29 is 14.2 Å². The molecule has 0 spiro atoms. The van der Waals surface area contributed by atoms with Crippen LogP contribution in [0.1, 0.15) is 37.3 Å². The fraction of sp³-hybridized carbons (Fsp3) is 0.650. The number of ether oxygens (including phenoxy) is 3. The summed E-state index contributed by atoms with van der Waals surface area (Å²) in [5.74, 6) is 1.66. The molecule has 0 radical (unpaired) electrons. The maximum atomic E-state index is 5.83. The summed E-state index contributed by atoms with van der Waals surface area (Å²) >= 11 is 0. The van der Waals surface area contributed by atoms with E-state index >= 15 is 0 Å². The van der Waals surface area contributed by atoms with Crippen molar-refractivity contribution in [1.29, 1.82) is 0 Å². The van der Waals surface area contributed by atoms with Crippen molar-refractivity contribution >= 4 is 29.9 Å². The summed E-state index contributed by atoms with van der Waals surface area (Å²) in [6.07, 6.45) is 3.26. The van der Waals surface area contributed by atoms with E-state index < -0.39 is 0 Å². The number of methoxy groups -OCH3 is 1. The van der Waals surface area contributed by atoms with Gasteiger partial charge in [-0.1, -0.05) is 25.5 Å². The second-order valence-electron chi connectivity index (χ2n) is 6.12. The average molecular weight is 493 g/mol. The predicted molar refractivity (Wildman–Crippen MR) is 123 cm³/mol. The third kappa shape index (κ3) is 12.1. The molecule has 0 heterocycles. The number of nitrogens with zero attached hydrogens (tertiary/aromatic N) is 1. The molecule has 0 aromatic heterocycles. The number of hydrogen-bond acceptors (Lipinski definition) is 4. The van der Waals surface area contributed by atoms with Gasteiger partial charge in [0.05, 0.1) is 6.61 Å². The highest BCUT2D eigenvalue weighted by Crippen LogP contribution is 2.20. The lowest BCUT2D eigenvalue weighted by molar-refractivity contribution is 0.129. The van der Waals surface area contributed by atoms with Crippen LogP contribution in [0.5, 0.6) is 5.75 Å². The number of aryl methyl sites for hydroxylation is 1. The molecule has 0 bridgehead atoms. The summed E-state index contributed by atoms with van der Waals surface area (Å²) in [6.45, 7) is 8.45. The number of guanidine groups is 1. The molecule has 1 aromatic rings. The van der Waals surface area contributed by atoms with E-state index in [2.05, 4.69) is 47.7 Å². The normalized spacial score (nSPS) is 11.0. The van der Waals surface area contributed by atoms with Crippen molar-refractivity contribution in [2.24, 2.45) is 4.99 Å². The van der Waals surface area contributed by atoms with Gasteiger partial charge in [-0.3, -0.25) is 4.99 Å². The molecule has 0 unspecified atom stereocenters. The van der Waals surface area contributed by atoms with Crippen LogP contribution in [0.3, 0.4) is 0 Å². The van der Waals surface area contributed by atoms with E-state index in [0.29, 0.717) is 19.8 Å². The molecule has 27 heavy (non-hydrogen) atoms. The summed E-state index contributed by atoms with van der Waals surface area (Å²) in [6, 6.07) is 6.22. The largest absolute Gasteiger partial charge is 0.491 e. The summed E-state index contributed by atoms with van der Waals surface area (Å²) < 4.78 is 16.4. The van der Waals surface area contributed by atoms with Gasteiger partial charge in [0.25, 0.3) is 0 Å². The SMILES string of the molecule is CCCCOCCCNC(=NC)NCc1ccc(C)cc1OCCOC.I. The quantitative estimate of drug-likeness (QED) is 0.191. The summed E-state index contributed by atoms with van der Waals surface area (Å²) in [5.41, 5.74) is 2.27. The molecule has 0 aliphatic carbocycles. The lowest BCUT2D eigenvalue weighted by atomic mass is 10.1. The molecule has 0 aliphatic heterocycles. The van der Waals surface area contributed by atoms with Crippen LogP contribution in [0.4, 0.5) is 0 Å². The first-order chi connectivity index (χ1) is 12.7. The Balaban J connectivity index is 0.00000676.